The van der Waals surface area contributed by atoms with Crippen LogP contribution in [0.3, 0.4) is 0 Å². The number of nitrogens with one attached hydrogen (secondary N) is 2. The Labute approximate surface area is 173 Å². The van der Waals surface area contributed by atoms with E-state index in [4.69, 9.17) is 16.3 Å². The van der Waals surface area contributed by atoms with Gasteiger partial charge >= 0.3 is 0 Å². The highest BCUT2D eigenvalue weighted by Gasteiger charge is 2.30. The summed E-state index contributed by atoms with van der Waals surface area (Å²) < 4.78 is 32.3. The average Bonchev–Trinajstić information content (AvgIpc) is 3.27. The zero-order chi connectivity index (χ0) is 21.0. The smallest absolute Gasteiger partial charge is 0.269 e. The Balaban J connectivity index is 1.78. The van der Waals surface area contributed by atoms with Crippen LogP contribution in [0.4, 0.5) is 0 Å². The number of halogens is 1. The lowest BCUT2D eigenvalue weighted by molar-refractivity contribution is 0.0846. The quantitative estimate of drug-likeness (QED) is 0.698. The molecule has 0 bridgehead atoms. The SMILES string of the molecule is COc1ccc(C(=O)NNC(=O)c2cccc(Cl)c2)cc1S(=O)(=O)N1CCCC1. The number of methoxy groups -OCH3 is 1. The molecule has 0 radical (unpaired) electrons. The summed E-state index contributed by atoms with van der Waals surface area (Å²) in [6.45, 7) is 0.856. The molecular weight excluding hydrogens is 418 g/mol. The van der Waals surface area contributed by atoms with E-state index in [1.807, 2.05) is 0 Å². The molecule has 2 aromatic carbocycles. The van der Waals surface area contributed by atoms with Crippen molar-refractivity contribution in [2.45, 2.75) is 17.7 Å². The van der Waals surface area contributed by atoms with E-state index in [1.165, 1.54) is 35.7 Å². The fourth-order valence-electron chi connectivity index (χ4n) is 2.97. The van der Waals surface area contributed by atoms with E-state index in [2.05, 4.69) is 10.9 Å². The van der Waals surface area contributed by atoms with Crippen LogP contribution in [0.2, 0.25) is 5.02 Å². The van der Waals surface area contributed by atoms with E-state index in [9.17, 15) is 18.0 Å². The van der Waals surface area contributed by atoms with Gasteiger partial charge in [-0.05, 0) is 49.2 Å². The summed E-state index contributed by atoms with van der Waals surface area (Å²) in [6.07, 6.45) is 1.58. The van der Waals surface area contributed by atoms with E-state index < -0.39 is 21.8 Å². The van der Waals surface area contributed by atoms with Crippen molar-refractivity contribution in [1.29, 1.82) is 0 Å². The molecule has 0 spiro atoms. The predicted octanol–water partition coefficient (Wildman–Crippen LogP) is 2.21. The highest BCUT2D eigenvalue weighted by atomic mass is 35.5. The number of sulfonamides is 1. The maximum Gasteiger partial charge on any atom is 0.269 e. The molecule has 10 heteroatoms. The third-order valence-corrected chi connectivity index (χ3v) is 6.64. The van der Waals surface area contributed by atoms with Crippen LogP contribution in [-0.2, 0) is 10.0 Å². The summed E-state index contributed by atoms with van der Waals surface area (Å²) in [7, 11) is -2.43. The van der Waals surface area contributed by atoms with E-state index in [0.717, 1.165) is 12.8 Å². The van der Waals surface area contributed by atoms with E-state index in [0.29, 0.717) is 18.1 Å². The van der Waals surface area contributed by atoms with Crippen LogP contribution < -0.4 is 15.6 Å². The molecule has 2 aromatic rings. The summed E-state index contributed by atoms with van der Waals surface area (Å²) >= 11 is 5.85. The van der Waals surface area contributed by atoms with Gasteiger partial charge in [-0.2, -0.15) is 4.31 Å². The molecule has 0 aliphatic carbocycles. The Morgan fingerprint density at radius 1 is 1.00 bits per heavy atom. The maximum atomic E-state index is 12.9. The number of carbonyl (C=O) groups is 2. The lowest BCUT2D eigenvalue weighted by atomic mass is 10.2. The second-order valence-electron chi connectivity index (χ2n) is 6.40. The van der Waals surface area contributed by atoms with Crippen LogP contribution in [0, 0.1) is 0 Å². The lowest BCUT2D eigenvalue weighted by Gasteiger charge is -2.18. The van der Waals surface area contributed by atoms with Gasteiger partial charge < -0.3 is 4.74 Å². The van der Waals surface area contributed by atoms with Crippen LogP contribution in [0.15, 0.2) is 47.4 Å². The summed E-state index contributed by atoms with van der Waals surface area (Å²) in [5.74, 6) is -1.07. The second kappa shape index (κ2) is 8.81. The second-order valence-corrected chi connectivity index (χ2v) is 8.74. The molecular formula is C19H20ClN3O5S. The normalized spacial score (nSPS) is 14.4. The van der Waals surface area contributed by atoms with E-state index >= 15 is 0 Å². The van der Waals surface area contributed by atoms with Gasteiger partial charge in [0.25, 0.3) is 11.8 Å². The zero-order valence-corrected chi connectivity index (χ0v) is 17.2. The van der Waals surface area contributed by atoms with Gasteiger partial charge in [0.2, 0.25) is 10.0 Å². The molecule has 1 aliphatic heterocycles. The molecule has 0 saturated carbocycles. The largest absolute Gasteiger partial charge is 0.495 e. The predicted molar refractivity (Wildman–Crippen MR) is 107 cm³/mol. The van der Waals surface area contributed by atoms with Gasteiger partial charge in [-0.15, -0.1) is 0 Å². The fraction of sp³-hybridized carbons (Fsp3) is 0.263. The standard InChI is InChI=1S/C19H20ClN3O5S/c1-28-16-8-7-14(12-17(16)29(26,27)23-9-2-3-10-23)19(25)22-21-18(24)13-5-4-6-15(20)11-13/h4-8,11-12H,2-3,9-10H2,1H3,(H,21,24)(H,22,25). The first-order chi connectivity index (χ1) is 13.8. The van der Waals surface area contributed by atoms with Gasteiger partial charge in [0.05, 0.1) is 7.11 Å². The minimum Gasteiger partial charge on any atom is -0.495 e. The van der Waals surface area contributed by atoms with Crippen molar-refractivity contribution >= 4 is 33.4 Å². The summed E-state index contributed by atoms with van der Waals surface area (Å²) in [5.41, 5.74) is 4.88. The van der Waals surface area contributed by atoms with Gasteiger partial charge in [-0.3, -0.25) is 20.4 Å². The Morgan fingerprint density at radius 3 is 2.21 bits per heavy atom. The Bertz CT molecular complexity index is 1040. The molecule has 3 rings (SSSR count). The topological polar surface area (TPSA) is 105 Å². The third-order valence-electron chi connectivity index (χ3n) is 4.49. The number of amides is 2. The molecule has 1 saturated heterocycles. The minimum atomic E-state index is -3.79. The molecule has 154 valence electrons. The van der Waals surface area contributed by atoms with Crippen LogP contribution in [-0.4, -0.2) is 44.7 Å². The fourth-order valence-corrected chi connectivity index (χ4v) is 4.86. The highest BCUT2D eigenvalue weighted by molar-refractivity contribution is 7.89. The summed E-state index contributed by atoms with van der Waals surface area (Å²) in [6, 6.07) is 10.3. The lowest BCUT2D eigenvalue weighted by Crippen LogP contribution is -2.41. The molecule has 1 fully saturated rings. The molecule has 1 heterocycles. The first-order valence-corrected chi connectivity index (χ1v) is 10.7. The third kappa shape index (κ3) is 4.69. The maximum absolute atomic E-state index is 12.9. The van der Waals surface area contributed by atoms with E-state index in [1.54, 1.807) is 18.2 Å². The van der Waals surface area contributed by atoms with Crippen molar-refractivity contribution in [3.8, 4) is 5.75 Å². The van der Waals surface area contributed by atoms with Gasteiger partial charge in [0, 0.05) is 29.2 Å². The number of hydrogen-bond donors (Lipinski definition) is 2. The average molecular weight is 438 g/mol. The monoisotopic (exact) mass is 437 g/mol. The van der Waals surface area contributed by atoms with Crippen molar-refractivity contribution in [3.05, 3.63) is 58.6 Å². The molecule has 0 aromatic heterocycles. The van der Waals surface area contributed by atoms with E-state index in [-0.39, 0.29) is 21.8 Å². The van der Waals surface area contributed by atoms with Gasteiger partial charge in [-0.1, -0.05) is 17.7 Å². The Kier molecular flexibility index (Phi) is 6.41. The molecule has 0 unspecified atom stereocenters. The number of nitrogens with zero attached hydrogens (tertiary/aromatic N) is 1. The number of benzene rings is 2. The number of carbonyl (C=O) groups excluding carboxylic acids is 2. The molecule has 29 heavy (non-hydrogen) atoms. The molecule has 0 atom stereocenters. The van der Waals surface area contributed by atoms with Crippen LogP contribution in [0.5, 0.6) is 5.75 Å². The number of hydrogen-bond acceptors (Lipinski definition) is 5. The molecule has 2 N–H and O–H groups in total. The first kappa shape index (κ1) is 21.1. The molecule has 1 aliphatic rings. The van der Waals surface area contributed by atoms with Crippen LogP contribution in [0.1, 0.15) is 33.6 Å². The highest BCUT2D eigenvalue weighted by Crippen LogP contribution is 2.29. The van der Waals surface area contributed by atoms with Gasteiger partial charge in [-0.25, -0.2) is 8.42 Å². The number of rotatable bonds is 5. The van der Waals surface area contributed by atoms with Crippen molar-refractivity contribution < 1.29 is 22.7 Å². The van der Waals surface area contributed by atoms with Crippen LogP contribution >= 0.6 is 11.6 Å². The van der Waals surface area contributed by atoms with Crippen molar-refractivity contribution in [1.82, 2.24) is 15.2 Å². The molecule has 2 amide bonds. The van der Waals surface area contributed by atoms with Crippen molar-refractivity contribution in [2.24, 2.45) is 0 Å². The van der Waals surface area contributed by atoms with Gasteiger partial charge in [0.1, 0.15) is 10.6 Å². The van der Waals surface area contributed by atoms with Gasteiger partial charge in [0.15, 0.2) is 0 Å². The summed E-state index contributed by atoms with van der Waals surface area (Å²) in [5, 5.41) is 0.385. The summed E-state index contributed by atoms with van der Waals surface area (Å²) in [4.78, 5) is 24.5. The van der Waals surface area contributed by atoms with Crippen molar-refractivity contribution in [2.75, 3.05) is 20.2 Å². The number of hydrazine groups is 1. The zero-order valence-electron chi connectivity index (χ0n) is 15.6. The first-order valence-electron chi connectivity index (χ1n) is 8.87. The minimum absolute atomic E-state index is 0.0648. The Morgan fingerprint density at radius 2 is 1.62 bits per heavy atom. The van der Waals surface area contributed by atoms with Crippen LogP contribution in [0.25, 0.3) is 0 Å². The number of ether oxygens (including phenoxy) is 1. The molecule has 8 nitrogen and oxygen atoms in total. The Hall–Kier alpha value is -2.62. The van der Waals surface area contributed by atoms with Crippen molar-refractivity contribution in [3.63, 3.8) is 0 Å².